The van der Waals surface area contributed by atoms with E-state index in [1.54, 1.807) is 24.3 Å². The first-order valence-corrected chi connectivity index (χ1v) is 8.22. The molecule has 0 radical (unpaired) electrons. The summed E-state index contributed by atoms with van der Waals surface area (Å²) < 4.78 is 20.8. The summed E-state index contributed by atoms with van der Waals surface area (Å²) in [6.45, 7) is 2.90. The molecule has 0 amide bonds. The molecule has 0 unspecified atom stereocenters. The van der Waals surface area contributed by atoms with Crippen LogP contribution >= 0.6 is 0 Å². The SMILES string of the molecule is CC1(C)OC(=O)C(=CNc2ccccc2OCc2ccc(C(=O)O)o2)C(=O)O1. The number of para-hydroxylation sites is 2. The molecule has 2 heterocycles. The lowest BCUT2D eigenvalue weighted by Crippen LogP contribution is -2.42. The van der Waals surface area contributed by atoms with Crippen molar-refractivity contribution >= 4 is 23.6 Å². The second-order valence-corrected chi connectivity index (χ2v) is 6.24. The van der Waals surface area contributed by atoms with Crippen LogP contribution in [-0.4, -0.2) is 28.8 Å². The van der Waals surface area contributed by atoms with E-state index in [1.807, 2.05) is 0 Å². The van der Waals surface area contributed by atoms with Gasteiger partial charge in [-0.3, -0.25) is 0 Å². The molecule has 9 nitrogen and oxygen atoms in total. The summed E-state index contributed by atoms with van der Waals surface area (Å²) in [5.41, 5.74) is 0.178. The van der Waals surface area contributed by atoms with E-state index in [0.717, 1.165) is 0 Å². The van der Waals surface area contributed by atoms with Gasteiger partial charge in [0.1, 0.15) is 18.1 Å². The molecule has 0 aliphatic carbocycles. The minimum atomic E-state index is -1.32. The largest absolute Gasteiger partial charge is 0.483 e. The van der Waals surface area contributed by atoms with Crippen LogP contribution in [0, 0.1) is 0 Å². The van der Waals surface area contributed by atoms with Crippen molar-refractivity contribution in [2.45, 2.75) is 26.2 Å². The second kappa shape index (κ2) is 7.47. The third-order valence-corrected chi connectivity index (χ3v) is 3.62. The molecular formula is C19H17NO8. The number of ether oxygens (including phenoxy) is 3. The second-order valence-electron chi connectivity index (χ2n) is 6.24. The molecule has 0 saturated carbocycles. The van der Waals surface area contributed by atoms with Crippen molar-refractivity contribution in [2.75, 3.05) is 5.32 Å². The Bertz CT molecular complexity index is 934. The van der Waals surface area contributed by atoms with Crippen LogP contribution in [0.2, 0.25) is 0 Å². The van der Waals surface area contributed by atoms with E-state index in [1.165, 1.54) is 32.2 Å². The van der Waals surface area contributed by atoms with E-state index in [0.29, 0.717) is 17.2 Å². The van der Waals surface area contributed by atoms with E-state index in [4.69, 9.17) is 23.7 Å². The number of anilines is 1. The molecule has 1 fully saturated rings. The molecule has 0 spiro atoms. The Balaban J connectivity index is 1.71. The van der Waals surface area contributed by atoms with Crippen LogP contribution in [0.15, 0.2) is 52.6 Å². The molecule has 1 aliphatic rings. The maximum Gasteiger partial charge on any atom is 0.371 e. The van der Waals surface area contributed by atoms with Gasteiger partial charge in [-0.2, -0.15) is 0 Å². The van der Waals surface area contributed by atoms with E-state index in [9.17, 15) is 14.4 Å². The molecular weight excluding hydrogens is 370 g/mol. The average Bonchev–Trinajstić information content (AvgIpc) is 3.08. The van der Waals surface area contributed by atoms with Crippen molar-refractivity contribution in [3.8, 4) is 5.75 Å². The molecule has 0 atom stereocenters. The number of rotatable bonds is 6. The lowest BCUT2D eigenvalue weighted by molar-refractivity contribution is -0.222. The van der Waals surface area contributed by atoms with Crippen molar-refractivity contribution in [1.29, 1.82) is 0 Å². The van der Waals surface area contributed by atoms with Gasteiger partial charge in [0.25, 0.3) is 5.79 Å². The van der Waals surface area contributed by atoms with Crippen molar-refractivity contribution < 1.29 is 38.1 Å². The van der Waals surface area contributed by atoms with Crippen molar-refractivity contribution in [1.82, 2.24) is 0 Å². The maximum absolute atomic E-state index is 12.0. The Morgan fingerprint density at radius 1 is 1.14 bits per heavy atom. The van der Waals surface area contributed by atoms with Gasteiger partial charge < -0.3 is 29.1 Å². The number of benzene rings is 1. The summed E-state index contributed by atoms with van der Waals surface area (Å²) in [6.07, 6.45) is 1.18. The van der Waals surface area contributed by atoms with Crippen LogP contribution in [0.5, 0.6) is 5.75 Å². The Morgan fingerprint density at radius 3 is 2.46 bits per heavy atom. The number of carbonyl (C=O) groups excluding carboxylic acids is 2. The normalized spacial score (nSPS) is 15.4. The zero-order chi connectivity index (χ0) is 20.3. The van der Waals surface area contributed by atoms with Crippen LogP contribution in [0.3, 0.4) is 0 Å². The molecule has 2 N–H and O–H groups in total. The van der Waals surface area contributed by atoms with Crippen LogP contribution < -0.4 is 10.1 Å². The predicted molar refractivity (Wildman–Crippen MR) is 94.4 cm³/mol. The van der Waals surface area contributed by atoms with E-state index >= 15 is 0 Å². The van der Waals surface area contributed by atoms with E-state index in [2.05, 4.69) is 5.32 Å². The third kappa shape index (κ3) is 4.32. The molecule has 2 aromatic rings. The summed E-state index contributed by atoms with van der Waals surface area (Å²) in [6, 6.07) is 9.60. The van der Waals surface area contributed by atoms with Gasteiger partial charge >= 0.3 is 17.9 Å². The van der Waals surface area contributed by atoms with Crippen LogP contribution in [0.1, 0.15) is 30.2 Å². The van der Waals surface area contributed by atoms with Gasteiger partial charge in [-0.25, -0.2) is 14.4 Å². The summed E-state index contributed by atoms with van der Waals surface area (Å²) in [7, 11) is 0. The molecule has 1 aromatic heterocycles. The Kier molecular flexibility index (Phi) is 5.08. The number of carbonyl (C=O) groups is 3. The number of furan rings is 1. The number of nitrogens with one attached hydrogen (secondary N) is 1. The van der Waals surface area contributed by atoms with Gasteiger partial charge in [-0.05, 0) is 24.3 Å². The molecule has 28 heavy (non-hydrogen) atoms. The number of aromatic carboxylic acids is 1. The van der Waals surface area contributed by atoms with Gasteiger partial charge in [0, 0.05) is 20.0 Å². The van der Waals surface area contributed by atoms with Gasteiger partial charge in [-0.15, -0.1) is 0 Å². The Morgan fingerprint density at radius 2 is 1.82 bits per heavy atom. The van der Waals surface area contributed by atoms with E-state index in [-0.39, 0.29) is 17.9 Å². The van der Waals surface area contributed by atoms with Crippen molar-refractivity contribution in [2.24, 2.45) is 0 Å². The average molecular weight is 387 g/mol. The topological polar surface area (TPSA) is 124 Å². The minimum absolute atomic E-state index is 0.0131. The molecule has 1 aromatic carbocycles. The predicted octanol–water partition coefficient (Wildman–Crippen LogP) is 2.69. The number of esters is 2. The number of hydrogen-bond donors (Lipinski definition) is 2. The molecule has 3 rings (SSSR count). The quantitative estimate of drug-likeness (QED) is 0.437. The van der Waals surface area contributed by atoms with E-state index < -0.39 is 23.7 Å². The fourth-order valence-electron chi connectivity index (χ4n) is 2.36. The highest BCUT2D eigenvalue weighted by Crippen LogP contribution is 2.27. The highest BCUT2D eigenvalue weighted by atomic mass is 16.7. The monoisotopic (exact) mass is 387 g/mol. The zero-order valence-corrected chi connectivity index (χ0v) is 15.1. The fraction of sp³-hybridized carbons (Fsp3) is 0.211. The maximum atomic E-state index is 12.0. The summed E-state index contributed by atoms with van der Waals surface area (Å²) >= 11 is 0. The lowest BCUT2D eigenvalue weighted by atomic mass is 10.2. The zero-order valence-electron chi connectivity index (χ0n) is 15.1. The highest BCUT2D eigenvalue weighted by molar-refractivity contribution is 6.15. The minimum Gasteiger partial charge on any atom is -0.483 e. The molecule has 0 bridgehead atoms. The molecule has 1 saturated heterocycles. The number of carboxylic acids is 1. The van der Waals surface area contributed by atoms with Crippen molar-refractivity contribution in [3.63, 3.8) is 0 Å². The summed E-state index contributed by atoms with van der Waals surface area (Å²) in [4.78, 5) is 34.8. The van der Waals surface area contributed by atoms with Gasteiger partial charge in [0.05, 0.1) is 5.69 Å². The molecule has 9 heteroatoms. The van der Waals surface area contributed by atoms with Crippen LogP contribution in [-0.2, 0) is 25.7 Å². The third-order valence-electron chi connectivity index (χ3n) is 3.62. The standard InChI is InChI=1S/C19H17NO8/c1-19(2)27-17(23)12(18(24)28-19)9-20-13-5-3-4-6-14(13)25-10-11-7-8-15(26-11)16(21)22/h3-9,20H,10H2,1-2H3,(H,21,22). The van der Waals surface area contributed by atoms with Gasteiger partial charge in [0.2, 0.25) is 5.76 Å². The van der Waals surface area contributed by atoms with Gasteiger partial charge in [-0.1, -0.05) is 12.1 Å². The van der Waals surface area contributed by atoms with Crippen LogP contribution in [0.4, 0.5) is 5.69 Å². The highest BCUT2D eigenvalue weighted by Gasteiger charge is 2.38. The number of cyclic esters (lactones) is 2. The first-order valence-electron chi connectivity index (χ1n) is 8.22. The first kappa shape index (κ1) is 19.0. The summed E-state index contributed by atoms with van der Waals surface area (Å²) in [5, 5.41) is 11.7. The van der Waals surface area contributed by atoms with Crippen LogP contribution in [0.25, 0.3) is 0 Å². The summed E-state index contributed by atoms with van der Waals surface area (Å²) in [5.74, 6) is -3.56. The fourth-order valence-corrected chi connectivity index (χ4v) is 2.36. The van der Waals surface area contributed by atoms with Gasteiger partial charge in [0.15, 0.2) is 5.57 Å². The Labute approximate surface area is 159 Å². The smallest absolute Gasteiger partial charge is 0.371 e. The number of carboxylic acid groups (broad SMARTS) is 1. The van der Waals surface area contributed by atoms with Crippen molar-refractivity contribution in [3.05, 3.63) is 59.7 Å². The first-order chi connectivity index (χ1) is 13.2. The number of hydrogen-bond acceptors (Lipinski definition) is 8. The molecule has 146 valence electrons. The molecule has 1 aliphatic heterocycles. The Hall–Kier alpha value is -3.75. The lowest BCUT2D eigenvalue weighted by Gasteiger charge is -2.29.